The zero-order valence-corrected chi connectivity index (χ0v) is 14.2. The number of nitrogens with zero attached hydrogens (tertiary/aromatic N) is 1. The number of hydrogen-bond donors (Lipinski definition) is 2. The van der Waals surface area contributed by atoms with E-state index in [1.54, 1.807) is 5.38 Å². The van der Waals surface area contributed by atoms with Crippen LogP contribution in [-0.2, 0) is 12.8 Å². The van der Waals surface area contributed by atoms with E-state index in [-0.39, 0.29) is 24.4 Å². The summed E-state index contributed by atoms with van der Waals surface area (Å²) in [5, 5.41) is 6.52. The van der Waals surface area contributed by atoms with Crippen molar-refractivity contribution in [3.8, 4) is 0 Å². The molecule has 0 radical (unpaired) electrons. The third-order valence-corrected chi connectivity index (χ3v) is 4.92. The van der Waals surface area contributed by atoms with Crippen LogP contribution in [0.25, 0.3) is 0 Å². The SMILES string of the molecule is Cl.NCCc1nc(C(=O)NC2CCc3c(Cl)cccc32)cs1. The highest BCUT2D eigenvalue weighted by Gasteiger charge is 2.26. The summed E-state index contributed by atoms with van der Waals surface area (Å²) >= 11 is 7.67. The molecule has 1 unspecified atom stereocenters. The first-order valence-corrected chi connectivity index (χ1v) is 8.17. The molecule has 3 rings (SSSR count). The van der Waals surface area contributed by atoms with E-state index in [1.807, 2.05) is 18.2 Å². The van der Waals surface area contributed by atoms with Gasteiger partial charge in [-0.05, 0) is 36.6 Å². The highest BCUT2D eigenvalue weighted by Crippen LogP contribution is 2.35. The normalized spacial score (nSPS) is 16.0. The predicted octanol–water partition coefficient (Wildman–Crippen LogP) is 3.14. The fraction of sp³-hybridized carbons (Fsp3) is 0.333. The van der Waals surface area contributed by atoms with Gasteiger partial charge in [0.05, 0.1) is 11.0 Å². The smallest absolute Gasteiger partial charge is 0.271 e. The van der Waals surface area contributed by atoms with Gasteiger partial charge in [-0.25, -0.2) is 4.98 Å². The quantitative estimate of drug-likeness (QED) is 0.882. The van der Waals surface area contributed by atoms with Gasteiger partial charge in [0.2, 0.25) is 0 Å². The molecule has 22 heavy (non-hydrogen) atoms. The Kier molecular flexibility index (Phi) is 5.81. The fourth-order valence-electron chi connectivity index (χ4n) is 2.65. The number of hydrogen-bond acceptors (Lipinski definition) is 4. The largest absolute Gasteiger partial charge is 0.344 e. The Morgan fingerprint density at radius 1 is 1.50 bits per heavy atom. The summed E-state index contributed by atoms with van der Waals surface area (Å²) in [7, 11) is 0. The molecular weight excluding hydrogens is 341 g/mol. The lowest BCUT2D eigenvalue weighted by molar-refractivity contribution is 0.0932. The second-order valence-electron chi connectivity index (χ2n) is 5.04. The van der Waals surface area contributed by atoms with Crippen molar-refractivity contribution in [1.82, 2.24) is 10.3 Å². The standard InChI is InChI=1S/C15H16ClN3OS.ClH/c16-11-3-1-2-10-9(11)4-5-12(10)19-15(20)13-8-21-14(18-13)6-7-17;/h1-3,8,12H,4-7,17H2,(H,19,20);1H. The van der Waals surface area contributed by atoms with Gasteiger partial charge in [0.25, 0.3) is 5.91 Å². The number of amides is 1. The van der Waals surface area contributed by atoms with Gasteiger partial charge < -0.3 is 11.1 Å². The maximum Gasteiger partial charge on any atom is 0.271 e. The van der Waals surface area contributed by atoms with Gasteiger partial charge in [-0.1, -0.05) is 23.7 Å². The molecule has 1 aliphatic carbocycles. The van der Waals surface area contributed by atoms with E-state index >= 15 is 0 Å². The summed E-state index contributed by atoms with van der Waals surface area (Å²) < 4.78 is 0. The zero-order chi connectivity index (χ0) is 14.8. The molecule has 7 heteroatoms. The van der Waals surface area contributed by atoms with Crippen LogP contribution in [0.5, 0.6) is 0 Å². The van der Waals surface area contributed by atoms with Crippen molar-refractivity contribution in [2.24, 2.45) is 5.73 Å². The van der Waals surface area contributed by atoms with E-state index < -0.39 is 0 Å². The van der Waals surface area contributed by atoms with E-state index in [9.17, 15) is 4.79 Å². The van der Waals surface area contributed by atoms with Gasteiger partial charge in [-0.3, -0.25) is 4.79 Å². The van der Waals surface area contributed by atoms with Crippen LogP contribution in [0.4, 0.5) is 0 Å². The predicted molar refractivity (Wildman–Crippen MR) is 92.1 cm³/mol. The van der Waals surface area contributed by atoms with Crippen LogP contribution < -0.4 is 11.1 Å². The van der Waals surface area contributed by atoms with Gasteiger partial charge in [0.1, 0.15) is 5.69 Å². The molecule has 1 aromatic heterocycles. The van der Waals surface area contributed by atoms with Gasteiger partial charge in [0, 0.05) is 16.8 Å². The lowest BCUT2D eigenvalue weighted by atomic mass is 10.1. The highest BCUT2D eigenvalue weighted by atomic mass is 35.5. The number of halogens is 2. The number of nitrogens with two attached hydrogens (primary N) is 1. The number of carbonyl (C=O) groups excluding carboxylic acids is 1. The summed E-state index contributed by atoms with van der Waals surface area (Å²) in [6.45, 7) is 0.545. The number of carbonyl (C=O) groups is 1. The number of nitrogens with one attached hydrogen (secondary N) is 1. The molecule has 1 amide bonds. The second kappa shape index (κ2) is 7.42. The summed E-state index contributed by atoms with van der Waals surface area (Å²) in [5.74, 6) is -0.132. The topological polar surface area (TPSA) is 68.0 Å². The van der Waals surface area contributed by atoms with E-state index in [1.165, 1.54) is 11.3 Å². The zero-order valence-electron chi connectivity index (χ0n) is 11.8. The van der Waals surface area contributed by atoms with Crippen LogP contribution >= 0.6 is 35.3 Å². The van der Waals surface area contributed by atoms with E-state index in [0.717, 1.165) is 34.0 Å². The molecule has 0 fully saturated rings. The molecule has 0 spiro atoms. The minimum atomic E-state index is -0.132. The Morgan fingerprint density at radius 3 is 3.09 bits per heavy atom. The van der Waals surface area contributed by atoms with Crippen molar-refractivity contribution in [1.29, 1.82) is 0 Å². The Hall–Kier alpha value is -1.14. The maximum absolute atomic E-state index is 12.3. The monoisotopic (exact) mass is 357 g/mol. The molecule has 1 aliphatic rings. The lowest BCUT2D eigenvalue weighted by Crippen LogP contribution is -2.27. The van der Waals surface area contributed by atoms with Crippen LogP contribution in [0.15, 0.2) is 23.6 Å². The summed E-state index contributed by atoms with van der Waals surface area (Å²) in [6, 6.07) is 5.86. The molecule has 1 aromatic carbocycles. The summed E-state index contributed by atoms with van der Waals surface area (Å²) in [4.78, 5) is 16.6. The number of aromatic nitrogens is 1. The Bertz CT molecular complexity index is 675. The highest BCUT2D eigenvalue weighted by molar-refractivity contribution is 7.09. The van der Waals surface area contributed by atoms with Gasteiger partial charge in [0.15, 0.2) is 0 Å². The van der Waals surface area contributed by atoms with Crippen molar-refractivity contribution in [3.05, 3.63) is 50.4 Å². The molecular formula is C15H17Cl2N3OS. The molecule has 0 bridgehead atoms. The van der Waals surface area contributed by atoms with Crippen LogP contribution in [0, 0.1) is 0 Å². The minimum absolute atomic E-state index is 0. The van der Waals surface area contributed by atoms with E-state index in [4.69, 9.17) is 17.3 Å². The lowest BCUT2D eigenvalue weighted by Gasteiger charge is -2.13. The first-order chi connectivity index (χ1) is 10.2. The molecule has 1 heterocycles. The Labute approximate surface area is 144 Å². The molecule has 0 aliphatic heterocycles. The van der Waals surface area contributed by atoms with Gasteiger partial charge in [-0.2, -0.15) is 0 Å². The maximum atomic E-state index is 12.3. The Balaban J connectivity index is 0.00000176. The molecule has 118 valence electrons. The summed E-state index contributed by atoms with van der Waals surface area (Å²) in [6.07, 6.45) is 2.49. The van der Waals surface area contributed by atoms with Crippen LogP contribution in [0.2, 0.25) is 5.02 Å². The molecule has 4 nitrogen and oxygen atoms in total. The second-order valence-corrected chi connectivity index (χ2v) is 6.39. The van der Waals surface area contributed by atoms with Gasteiger partial charge in [-0.15, -0.1) is 23.7 Å². The van der Waals surface area contributed by atoms with Crippen molar-refractivity contribution in [2.75, 3.05) is 6.54 Å². The number of rotatable bonds is 4. The molecule has 2 aromatic rings. The average molecular weight is 358 g/mol. The molecule has 0 saturated heterocycles. The van der Waals surface area contributed by atoms with Gasteiger partial charge >= 0.3 is 0 Å². The molecule has 0 saturated carbocycles. The van der Waals surface area contributed by atoms with Crippen LogP contribution in [-0.4, -0.2) is 17.4 Å². The minimum Gasteiger partial charge on any atom is -0.344 e. The Morgan fingerprint density at radius 2 is 2.32 bits per heavy atom. The third-order valence-electron chi connectivity index (χ3n) is 3.66. The van der Waals surface area contributed by atoms with E-state index in [2.05, 4.69) is 10.3 Å². The molecule has 3 N–H and O–H groups in total. The number of fused-ring (bicyclic) bond motifs is 1. The molecule has 1 atom stereocenters. The van der Waals surface area contributed by atoms with Crippen LogP contribution in [0.3, 0.4) is 0 Å². The van der Waals surface area contributed by atoms with E-state index in [0.29, 0.717) is 18.7 Å². The average Bonchev–Trinajstić information content (AvgIpc) is 3.08. The van der Waals surface area contributed by atoms with Crippen molar-refractivity contribution in [3.63, 3.8) is 0 Å². The van der Waals surface area contributed by atoms with Crippen molar-refractivity contribution < 1.29 is 4.79 Å². The van der Waals surface area contributed by atoms with Crippen molar-refractivity contribution in [2.45, 2.75) is 25.3 Å². The fourth-order valence-corrected chi connectivity index (χ4v) is 3.72. The van der Waals surface area contributed by atoms with Crippen molar-refractivity contribution >= 4 is 41.3 Å². The summed E-state index contributed by atoms with van der Waals surface area (Å²) in [5.41, 5.74) is 8.23. The first kappa shape index (κ1) is 17.2. The first-order valence-electron chi connectivity index (χ1n) is 6.91. The van der Waals surface area contributed by atoms with Crippen LogP contribution in [0.1, 0.15) is 39.1 Å². The number of benzene rings is 1. The number of thiazole rings is 1. The third kappa shape index (κ3) is 3.43.